The Morgan fingerprint density at radius 2 is 1.40 bits per heavy atom. The van der Waals surface area contributed by atoms with Gasteiger partial charge in [-0.15, -0.1) is 0 Å². The third kappa shape index (κ3) is 21.1. The summed E-state index contributed by atoms with van der Waals surface area (Å²) >= 11 is 0. The first-order valence-corrected chi connectivity index (χ1v) is 10.7. The summed E-state index contributed by atoms with van der Waals surface area (Å²) in [6.45, 7) is 4.30. The molecule has 0 spiro atoms. The average molecular weight is 355 g/mol. The molecule has 3 heteroatoms. The lowest BCUT2D eigenvalue weighted by Gasteiger charge is -2.06. The van der Waals surface area contributed by atoms with E-state index in [0.717, 1.165) is 12.8 Å². The van der Waals surface area contributed by atoms with Crippen LogP contribution in [0.4, 0.5) is 0 Å². The highest BCUT2D eigenvalue weighted by Gasteiger charge is 2.03. The van der Waals surface area contributed by atoms with Crippen molar-refractivity contribution < 1.29 is 14.6 Å². The van der Waals surface area contributed by atoms with Crippen LogP contribution in [-0.2, 0) is 9.53 Å². The van der Waals surface area contributed by atoms with E-state index in [1.165, 1.54) is 70.6 Å². The van der Waals surface area contributed by atoms with E-state index in [9.17, 15) is 4.79 Å². The van der Waals surface area contributed by atoms with Gasteiger partial charge in [-0.05, 0) is 39.0 Å². The highest BCUT2D eigenvalue weighted by Crippen LogP contribution is 2.10. The van der Waals surface area contributed by atoms with Crippen LogP contribution < -0.4 is 0 Å². The fourth-order valence-corrected chi connectivity index (χ4v) is 2.76. The van der Waals surface area contributed by atoms with E-state index in [1.807, 2.05) is 0 Å². The topological polar surface area (TPSA) is 46.5 Å². The highest BCUT2D eigenvalue weighted by atomic mass is 16.5. The van der Waals surface area contributed by atoms with Gasteiger partial charge in [0.2, 0.25) is 0 Å². The first-order valence-electron chi connectivity index (χ1n) is 10.7. The van der Waals surface area contributed by atoms with Gasteiger partial charge in [0.15, 0.2) is 0 Å². The predicted octanol–water partition coefficient (Wildman–Crippen LogP) is 6.34. The molecule has 0 aromatic rings. The van der Waals surface area contributed by atoms with Crippen molar-refractivity contribution in [2.24, 2.45) is 0 Å². The standard InChI is InChI=1S/C22H42O3/c1-3-4-5-6-7-8-9-10-11-12-13-14-15-16-17-18-22(24)25-20-19-21(2)23/h10-11,21,23H,3-9,12-20H2,1-2H3. The number of unbranched alkanes of at least 4 members (excludes halogenated alkanes) is 11. The summed E-state index contributed by atoms with van der Waals surface area (Å²) in [5.74, 6) is -0.127. The minimum Gasteiger partial charge on any atom is -0.466 e. The van der Waals surface area contributed by atoms with Crippen LogP contribution in [0.2, 0.25) is 0 Å². The number of aliphatic hydroxyl groups is 1. The molecular weight excluding hydrogens is 312 g/mol. The molecule has 0 fully saturated rings. The molecule has 148 valence electrons. The van der Waals surface area contributed by atoms with Gasteiger partial charge in [-0.2, -0.15) is 0 Å². The molecule has 0 rings (SSSR count). The van der Waals surface area contributed by atoms with E-state index in [4.69, 9.17) is 9.84 Å². The van der Waals surface area contributed by atoms with Gasteiger partial charge in [0.05, 0.1) is 12.7 Å². The number of carbonyl (C=O) groups excluding carboxylic acids is 1. The minimum absolute atomic E-state index is 0.127. The zero-order valence-corrected chi connectivity index (χ0v) is 16.8. The SMILES string of the molecule is CCCCCCCCC=CCCCCCCCC(=O)OCCC(C)O. The van der Waals surface area contributed by atoms with Gasteiger partial charge < -0.3 is 9.84 Å². The molecule has 0 heterocycles. The summed E-state index contributed by atoms with van der Waals surface area (Å²) in [6, 6.07) is 0. The van der Waals surface area contributed by atoms with Crippen LogP contribution in [0.3, 0.4) is 0 Å². The maximum absolute atomic E-state index is 11.4. The Balaban J connectivity index is 3.20. The van der Waals surface area contributed by atoms with Crippen molar-refractivity contribution in [1.29, 1.82) is 0 Å². The average Bonchev–Trinajstić information content (AvgIpc) is 2.58. The lowest BCUT2D eigenvalue weighted by Crippen LogP contribution is -2.10. The molecular formula is C22H42O3. The van der Waals surface area contributed by atoms with E-state index in [0.29, 0.717) is 19.4 Å². The smallest absolute Gasteiger partial charge is 0.305 e. The van der Waals surface area contributed by atoms with Gasteiger partial charge in [-0.3, -0.25) is 4.79 Å². The number of hydrogen-bond acceptors (Lipinski definition) is 3. The number of aliphatic hydroxyl groups excluding tert-OH is 1. The van der Waals surface area contributed by atoms with Crippen molar-refractivity contribution in [2.75, 3.05) is 6.61 Å². The fourth-order valence-electron chi connectivity index (χ4n) is 2.76. The molecule has 0 saturated carbocycles. The summed E-state index contributed by atoms with van der Waals surface area (Å²) in [5, 5.41) is 9.09. The van der Waals surface area contributed by atoms with E-state index in [-0.39, 0.29) is 5.97 Å². The maximum Gasteiger partial charge on any atom is 0.305 e. The number of carbonyl (C=O) groups is 1. The molecule has 3 nitrogen and oxygen atoms in total. The van der Waals surface area contributed by atoms with Gasteiger partial charge in [0, 0.05) is 12.8 Å². The van der Waals surface area contributed by atoms with Gasteiger partial charge in [0.1, 0.15) is 0 Å². The minimum atomic E-state index is -0.396. The number of hydrogen-bond donors (Lipinski definition) is 1. The summed E-state index contributed by atoms with van der Waals surface area (Å²) in [6.07, 6.45) is 21.7. The maximum atomic E-state index is 11.4. The molecule has 1 atom stereocenters. The van der Waals surface area contributed by atoms with Crippen LogP contribution in [-0.4, -0.2) is 23.8 Å². The van der Waals surface area contributed by atoms with E-state index < -0.39 is 6.10 Å². The summed E-state index contributed by atoms with van der Waals surface area (Å²) in [5.41, 5.74) is 0. The van der Waals surface area contributed by atoms with E-state index in [1.54, 1.807) is 6.92 Å². The van der Waals surface area contributed by atoms with Crippen molar-refractivity contribution in [3.05, 3.63) is 12.2 Å². The second-order valence-corrected chi connectivity index (χ2v) is 7.19. The van der Waals surface area contributed by atoms with E-state index in [2.05, 4.69) is 19.1 Å². The molecule has 0 amide bonds. The first kappa shape index (κ1) is 24.2. The van der Waals surface area contributed by atoms with Crippen molar-refractivity contribution in [1.82, 2.24) is 0 Å². The molecule has 0 radical (unpaired) electrons. The van der Waals surface area contributed by atoms with Crippen LogP contribution in [0.5, 0.6) is 0 Å². The largest absolute Gasteiger partial charge is 0.466 e. The van der Waals surface area contributed by atoms with E-state index >= 15 is 0 Å². The van der Waals surface area contributed by atoms with Gasteiger partial charge >= 0.3 is 5.97 Å². The highest BCUT2D eigenvalue weighted by molar-refractivity contribution is 5.69. The molecule has 0 aliphatic carbocycles. The number of ether oxygens (including phenoxy) is 1. The number of rotatable bonds is 18. The lowest BCUT2D eigenvalue weighted by atomic mass is 10.1. The molecule has 1 N–H and O–H groups in total. The Kier molecular flexibility index (Phi) is 18.8. The molecule has 0 aliphatic heterocycles. The monoisotopic (exact) mass is 354 g/mol. The Labute approximate surface area is 156 Å². The van der Waals surface area contributed by atoms with Gasteiger partial charge in [0.25, 0.3) is 0 Å². The van der Waals surface area contributed by atoms with Crippen LogP contribution in [0, 0.1) is 0 Å². The zero-order chi connectivity index (χ0) is 18.6. The molecule has 25 heavy (non-hydrogen) atoms. The summed E-state index contributed by atoms with van der Waals surface area (Å²) < 4.78 is 5.06. The van der Waals surface area contributed by atoms with Crippen LogP contribution in [0.25, 0.3) is 0 Å². The number of allylic oxidation sites excluding steroid dienone is 2. The van der Waals surface area contributed by atoms with Crippen LogP contribution in [0.15, 0.2) is 12.2 Å². The molecule has 1 unspecified atom stereocenters. The Morgan fingerprint density at radius 1 is 0.880 bits per heavy atom. The first-order chi connectivity index (χ1) is 12.2. The summed E-state index contributed by atoms with van der Waals surface area (Å²) in [7, 11) is 0. The van der Waals surface area contributed by atoms with Crippen LogP contribution in [0.1, 0.15) is 110 Å². The van der Waals surface area contributed by atoms with Crippen molar-refractivity contribution in [3.63, 3.8) is 0 Å². The number of esters is 1. The fraction of sp³-hybridized carbons (Fsp3) is 0.864. The molecule has 0 saturated heterocycles. The Hall–Kier alpha value is -0.830. The third-order valence-corrected chi connectivity index (χ3v) is 4.44. The third-order valence-electron chi connectivity index (χ3n) is 4.44. The molecule has 0 aromatic heterocycles. The quantitative estimate of drug-likeness (QED) is 0.177. The summed E-state index contributed by atoms with van der Waals surface area (Å²) in [4.78, 5) is 11.4. The van der Waals surface area contributed by atoms with Crippen molar-refractivity contribution in [3.8, 4) is 0 Å². The van der Waals surface area contributed by atoms with Crippen LogP contribution >= 0.6 is 0 Å². The van der Waals surface area contributed by atoms with Gasteiger partial charge in [-0.25, -0.2) is 0 Å². The Morgan fingerprint density at radius 3 is 1.96 bits per heavy atom. The molecule has 0 aliphatic rings. The van der Waals surface area contributed by atoms with Crippen molar-refractivity contribution in [2.45, 2.75) is 116 Å². The van der Waals surface area contributed by atoms with Crippen molar-refractivity contribution >= 4 is 5.97 Å². The normalized spacial score (nSPS) is 12.6. The molecule has 0 bridgehead atoms. The predicted molar refractivity (Wildman–Crippen MR) is 107 cm³/mol. The molecule has 0 aromatic carbocycles. The van der Waals surface area contributed by atoms with Gasteiger partial charge in [-0.1, -0.05) is 70.4 Å². The lowest BCUT2D eigenvalue weighted by molar-refractivity contribution is -0.144. The second-order valence-electron chi connectivity index (χ2n) is 7.19. The Bertz CT molecular complexity index is 310. The zero-order valence-electron chi connectivity index (χ0n) is 16.8. The second kappa shape index (κ2) is 19.5.